The number of nitrogens with one attached hydrogen (secondary N) is 1. The molecule has 2 heterocycles. The molecule has 0 radical (unpaired) electrons. The monoisotopic (exact) mass is 277 g/mol. The molecule has 2 N–H and O–H groups in total. The number of benzene rings is 1. The van der Waals surface area contributed by atoms with Crippen LogP contribution in [0.3, 0.4) is 0 Å². The Balaban J connectivity index is 1.85. The maximum atomic E-state index is 9.57. The van der Waals surface area contributed by atoms with Crippen LogP contribution < -0.4 is 10.1 Å². The van der Waals surface area contributed by atoms with Gasteiger partial charge in [-0.15, -0.1) is 0 Å². The Labute approximate surface area is 115 Å². The smallest absolute Gasteiger partial charge is 0.257 e. The lowest BCUT2D eigenvalue weighted by Gasteiger charge is -2.19. The van der Waals surface area contributed by atoms with Crippen molar-refractivity contribution in [3.63, 3.8) is 0 Å². The van der Waals surface area contributed by atoms with E-state index in [9.17, 15) is 5.11 Å². The van der Waals surface area contributed by atoms with Gasteiger partial charge in [-0.3, -0.25) is 0 Å². The van der Waals surface area contributed by atoms with Crippen LogP contribution in [0.4, 0.5) is 0 Å². The molecule has 106 valence electrons. The van der Waals surface area contributed by atoms with E-state index in [2.05, 4.69) is 15.5 Å². The highest BCUT2D eigenvalue weighted by Crippen LogP contribution is 2.30. The van der Waals surface area contributed by atoms with E-state index in [4.69, 9.17) is 14.0 Å². The normalized spacial score (nSPS) is 18.9. The fourth-order valence-electron chi connectivity index (χ4n) is 2.02. The highest BCUT2D eigenvalue weighted by Gasteiger charge is 2.22. The molecule has 0 amide bonds. The summed E-state index contributed by atoms with van der Waals surface area (Å²) in [6.45, 7) is 2.10. The maximum Gasteiger partial charge on any atom is 0.257 e. The molecule has 1 atom stereocenters. The van der Waals surface area contributed by atoms with Crippen LogP contribution in [0, 0.1) is 0 Å². The van der Waals surface area contributed by atoms with Gasteiger partial charge in [-0.2, -0.15) is 4.98 Å². The Bertz CT molecular complexity index is 593. The van der Waals surface area contributed by atoms with Gasteiger partial charge < -0.3 is 24.4 Å². The third-order valence-electron chi connectivity index (χ3n) is 3.08. The number of phenols is 1. The van der Waals surface area contributed by atoms with Crippen molar-refractivity contribution in [2.24, 2.45) is 0 Å². The summed E-state index contributed by atoms with van der Waals surface area (Å²) >= 11 is 0. The topological polar surface area (TPSA) is 89.6 Å². The number of aromatic nitrogens is 2. The van der Waals surface area contributed by atoms with Crippen molar-refractivity contribution in [2.75, 3.05) is 26.8 Å². The largest absolute Gasteiger partial charge is 0.504 e. The first-order valence-corrected chi connectivity index (χ1v) is 6.31. The van der Waals surface area contributed by atoms with Crippen LogP contribution in [-0.2, 0) is 4.74 Å². The molecular weight excluding hydrogens is 262 g/mol. The number of methoxy groups -OCH3 is 1. The highest BCUT2D eigenvalue weighted by atomic mass is 16.5. The average molecular weight is 277 g/mol. The van der Waals surface area contributed by atoms with E-state index in [1.807, 2.05) is 0 Å². The van der Waals surface area contributed by atoms with Gasteiger partial charge in [0.05, 0.1) is 13.7 Å². The summed E-state index contributed by atoms with van der Waals surface area (Å²) < 4.78 is 15.8. The Morgan fingerprint density at radius 3 is 3.10 bits per heavy atom. The van der Waals surface area contributed by atoms with Gasteiger partial charge in [0, 0.05) is 18.7 Å². The molecule has 2 aromatic rings. The van der Waals surface area contributed by atoms with E-state index in [0.717, 1.165) is 6.54 Å². The van der Waals surface area contributed by atoms with Crippen molar-refractivity contribution in [1.29, 1.82) is 0 Å². The van der Waals surface area contributed by atoms with E-state index in [1.165, 1.54) is 13.2 Å². The molecule has 1 aliphatic rings. The molecule has 1 aliphatic heterocycles. The number of nitrogens with zero attached hydrogens (tertiary/aromatic N) is 2. The molecule has 1 fully saturated rings. The van der Waals surface area contributed by atoms with Crippen molar-refractivity contribution >= 4 is 0 Å². The second-order valence-electron chi connectivity index (χ2n) is 4.41. The molecule has 7 nitrogen and oxygen atoms in total. The molecule has 1 saturated heterocycles. The molecular formula is C13H15N3O4. The van der Waals surface area contributed by atoms with Gasteiger partial charge in [0.2, 0.25) is 5.82 Å². The van der Waals surface area contributed by atoms with Gasteiger partial charge >= 0.3 is 0 Å². The summed E-state index contributed by atoms with van der Waals surface area (Å²) in [7, 11) is 1.49. The molecule has 0 bridgehead atoms. The minimum absolute atomic E-state index is 0.0692. The molecule has 1 aromatic heterocycles. The molecule has 3 rings (SSSR count). The quantitative estimate of drug-likeness (QED) is 0.868. The van der Waals surface area contributed by atoms with Crippen LogP contribution in [0.5, 0.6) is 11.5 Å². The van der Waals surface area contributed by atoms with Crippen LogP contribution >= 0.6 is 0 Å². The summed E-state index contributed by atoms with van der Waals surface area (Å²) in [5.41, 5.74) is 0.707. The van der Waals surface area contributed by atoms with Crippen LogP contribution in [0.1, 0.15) is 12.0 Å². The molecule has 1 aromatic carbocycles. The minimum Gasteiger partial charge on any atom is -0.504 e. The second kappa shape index (κ2) is 5.48. The number of rotatable bonds is 3. The molecule has 7 heteroatoms. The zero-order chi connectivity index (χ0) is 13.9. The summed E-state index contributed by atoms with van der Waals surface area (Å²) in [5, 5.41) is 16.7. The molecule has 1 unspecified atom stereocenters. The van der Waals surface area contributed by atoms with Gasteiger partial charge in [-0.05, 0) is 18.2 Å². The molecule has 0 aliphatic carbocycles. The van der Waals surface area contributed by atoms with Crippen molar-refractivity contribution < 1.29 is 19.1 Å². The summed E-state index contributed by atoms with van der Waals surface area (Å²) in [4.78, 5) is 4.33. The fraction of sp³-hybridized carbons (Fsp3) is 0.385. The first kappa shape index (κ1) is 12.9. The van der Waals surface area contributed by atoms with E-state index >= 15 is 0 Å². The lowest BCUT2D eigenvalue weighted by molar-refractivity contribution is 0.00755. The van der Waals surface area contributed by atoms with E-state index in [1.54, 1.807) is 12.1 Å². The van der Waals surface area contributed by atoms with Crippen LogP contribution in [0.2, 0.25) is 0 Å². The van der Waals surface area contributed by atoms with Gasteiger partial charge in [0.15, 0.2) is 11.5 Å². The Kier molecular flexibility index (Phi) is 3.53. The standard InChI is InChI=1S/C13H15N3O4/c1-18-10-6-8(2-3-9(10)17)12-15-13(20-16-12)11-7-14-4-5-19-11/h2-3,6,11,14,17H,4-5,7H2,1H3. The maximum absolute atomic E-state index is 9.57. The van der Waals surface area contributed by atoms with Crippen molar-refractivity contribution in [3.8, 4) is 22.9 Å². The van der Waals surface area contributed by atoms with Crippen molar-refractivity contribution in [1.82, 2.24) is 15.5 Å². The predicted molar refractivity (Wildman–Crippen MR) is 69.5 cm³/mol. The second-order valence-corrected chi connectivity index (χ2v) is 4.41. The van der Waals surface area contributed by atoms with E-state index in [-0.39, 0.29) is 11.9 Å². The Hall–Kier alpha value is -2.12. The molecule has 0 spiro atoms. The minimum atomic E-state index is -0.219. The zero-order valence-electron chi connectivity index (χ0n) is 11.0. The van der Waals surface area contributed by atoms with E-state index < -0.39 is 0 Å². The predicted octanol–water partition coefficient (Wildman–Crippen LogP) is 1.11. The first-order chi connectivity index (χ1) is 9.78. The molecule has 0 saturated carbocycles. The number of ether oxygens (including phenoxy) is 2. The Morgan fingerprint density at radius 2 is 2.35 bits per heavy atom. The molecule has 20 heavy (non-hydrogen) atoms. The number of phenolic OH excluding ortho intramolecular Hbond substituents is 1. The zero-order valence-corrected chi connectivity index (χ0v) is 11.0. The van der Waals surface area contributed by atoms with Gasteiger partial charge in [0.25, 0.3) is 5.89 Å². The first-order valence-electron chi connectivity index (χ1n) is 6.31. The number of hydrogen-bond acceptors (Lipinski definition) is 7. The third-order valence-corrected chi connectivity index (χ3v) is 3.08. The highest BCUT2D eigenvalue weighted by molar-refractivity contribution is 5.60. The number of aromatic hydroxyl groups is 1. The van der Waals surface area contributed by atoms with Crippen LogP contribution in [0.25, 0.3) is 11.4 Å². The Morgan fingerprint density at radius 1 is 1.45 bits per heavy atom. The van der Waals surface area contributed by atoms with Crippen molar-refractivity contribution in [3.05, 3.63) is 24.1 Å². The summed E-state index contributed by atoms with van der Waals surface area (Å²) in [6, 6.07) is 4.89. The van der Waals surface area contributed by atoms with Gasteiger partial charge in [-0.1, -0.05) is 5.16 Å². The third kappa shape index (κ3) is 2.45. The SMILES string of the molecule is COc1cc(-c2noc(C3CNCCO3)n2)ccc1O. The van der Waals surface area contributed by atoms with Gasteiger partial charge in [0.1, 0.15) is 6.10 Å². The number of morpholine rings is 1. The van der Waals surface area contributed by atoms with Crippen LogP contribution in [0.15, 0.2) is 22.7 Å². The van der Waals surface area contributed by atoms with Crippen molar-refractivity contribution in [2.45, 2.75) is 6.10 Å². The van der Waals surface area contributed by atoms with Crippen LogP contribution in [-0.4, -0.2) is 42.1 Å². The number of hydrogen-bond donors (Lipinski definition) is 2. The lowest BCUT2D eigenvalue weighted by Crippen LogP contribution is -2.33. The van der Waals surface area contributed by atoms with E-state index in [0.29, 0.717) is 36.2 Å². The summed E-state index contributed by atoms with van der Waals surface area (Å²) in [6.07, 6.45) is -0.219. The fourth-order valence-corrected chi connectivity index (χ4v) is 2.02. The average Bonchev–Trinajstić information content (AvgIpc) is 2.98. The summed E-state index contributed by atoms with van der Waals surface area (Å²) in [5.74, 6) is 1.32. The lowest BCUT2D eigenvalue weighted by atomic mass is 10.2. The van der Waals surface area contributed by atoms with Gasteiger partial charge in [-0.25, -0.2) is 0 Å².